The average Bonchev–Trinajstić information content (AvgIpc) is 2.37. The van der Waals surface area contributed by atoms with Crippen LogP contribution in [0.5, 0.6) is 0 Å². The third-order valence-corrected chi connectivity index (χ3v) is 3.54. The summed E-state index contributed by atoms with van der Waals surface area (Å²) in [7, 11) is 0. The molecule has 1 aromatic rings. The summed E-state index contributed by atoms with van der Waals surface area (Å²) in [6.07, 6.45) is 0.795. The molecule has 0 atom stereocenters. The number of aryl methyl sites for hydroxylation is 1. The van der Waals surface area contributed by atoms with Crippen LogP contribution in [0.4, 0.5) is 11.6 Å². The van der Waals surface area contributed by atoms with Crippen LogP contribution >= 0.6 is 0 Å². The van der Waals surface area contributed by atoms with E-state index in [9.17, 15) is 0 Å². The van der Waals surface area contributed by atoms with Crippen molar-refractivity contribution in [3.05, 3.63) is 11.4 Å². The second-order valence-corrected chi connectivity index (χ2v) is 5.70. The van der Waals surface area contributed by atoms with Crippen molar-refractivity contribution < 1.29 is 0 Å². The van der Waals surface area contributed by atoms with E-state index in [2.05, 4.69) is 47.9 Å². The molecule has 0 aliphatic heterocycles. The van der Waals surface area contributed by atoms with Gasteiger partial charge in [-0.1, -0.05) is 6.92 Å². The molecule has 0 unspecified atom stereocenters. The summed E-state index contributed by atoms with van der Waals surface area (Å²) >= 11 is 0. The van der Waals surface area contributed by atoms with Gasteiger partial charge in [-0.25, -0.2) is 9.97 Å². The molecule has 1 rings (SSSR count). The summed E-state index contributed by atoms with van der Waals surface area (Å²) in [4.78, 5) is 11.2. The fraction of sp³-hybridized carbons (Fsp3) is 0.733. The Bertz CT molecular complexity index is 421. The molecule has 0 spiro atoms. The summed E-state index contributed by atoms with van der Waals surface area (Å²) in [6, 6.07) is 1.08. The maximum absolute atomic E-state index is 5.92. The summed E-state index contributed by atoms with van der Waals surface area (Å²) < 4.78 is 0. The van der Waals surface area contributed by atoms with Crippen molar-refractivity contribution in [2.24, 2.45) is 0 Å². The molecule has 0 fully saturated rings. The number of aromatic nitrogens is 2. The highest BCUT2D eigenvalue weighted by molar-refractivity contribution is 5.54. The van der Waals surface area contributed by atoms with Gasteiger partial charge in [0.05, 0.1) is 0 Å². The molecule has 0 bridgehead atoms. The van der Waals surface area contributed by atoms with E-state index >= 15 is 0 Å². The van der Waals surface area contributed by atoms with Gasteiger partial charge in [0.25, 0.3) is 0 Å². The summed E-state index contributed by atoms with van der Waals surface area (Å²) in [6.45, 7) is 14.7. The predicted octanol–water partition coefficient (Wildman–Crippen LogP) is 2.46. The van der Waals surface area contributed by atoms with Gasteiger partial charge in [-0.2, -0.15) is 0 Å². The van der Waals surface area contributed by atoms with E-state index in [4.69, 9.17) is 5.73 Å². The van der Waals surface area contributed by atoms with E-state index in [1.165, 1.54) is 0 Å². The zero-order valence-corrected chi connectivity index (χ0v) is 13.7. The lowest BCUT2D eigenvalue weighted by molar-refractivity contribution is 0.182. The molecule has 1 heterocycles. The molecular weight excluding hydrogens is 250 g/mol. The number of hydrogen-bond donors (Lipinski definition) is 2. The molecule has 1 aromatic heterocycles. The highest BCUT2D eigenvalue weighted by Gasteiger charge is 2.13. The van der Waals surface area contributed by atoms with E-state index in [1.807, 2.05) is 13.8 Å². The number of hydrogen-bond acceptors (Lipinski definition) is 5. The molecule has 5 heteroatoms. The van der Waals surface area contributed by atoms with Gasteiger partial charge < -0.3 is 11.1 Å². The standard InChI is InChI=1S/C15H29N5/c1-7-13-18-14(16)12(6)15(19-13)17-8-9-20(10(2)3)11(4)5/h10-11H,7-9H2,1-6H3,(H3,16,17,18,19). The maximum Gasteiger partial charge on any atom is 0.134 e. The fourth-order valence-corrected chi connectivity index (χ4v) is 2.33. The van der Waals surface area contributed by atoms with Crippen LogP contribution in [0.1, 0.15) is 46.0 Å². The zero-order valence-electron chi connectivity index (χ0n) is 13.7. The highest BCUT2D eigenvalue weighted by atomic mass is 15.2. The van der Waals surface area contributed by atoms with Crippen LogP contribution in [0.15, 0.2) is 0 Å². The SMILES string of the molecule is CCc1nc(N)c(C)c(NCCN(C(C)C)C(C)C)n1. The Hall–Kier alpha value is -1.36. The van der Waals surface area contributed by atoms with Crippen molar-refractivity contribution in [1.29, 1.82) is 0 Å². The van der Waals surface area contributed by atoms with E-state index < -0.39 is 0 Å². The Labute approximate surface area is 123 Å². The lowest BCUT2D eigenvalue weighted by Crippen LogP contribution is -2.40. The van der Waals surface area contributed by atoms with Crippen LogP contribution in [0.2, 0.25) is 0 Å². The van der Waals surface area contributed by atoms with Gasteiger partial charge in [0.1, 0.15) is 17.5 Å². The van der Waals surface area contributed by atoms with Gasteiger partial charge >= 0.3 is 0 Å². The maximum atomic E-state index is 5.92. The fourth-order valence-electron chi connectivity index (χ4n) is 2.33. The first-order valence-corrected chi connectivity index (χ1v) is 7.49. The molecule has 0 aromatic carbocycles. The van der Waals surface area contributed by atoms with E-state index in [0.717, 1.165) is 36.7 Å². The van der Waals surface area contributed by atoms with Gasteiger partial charge in [-0.05, 0) is 34.6 Å². The van der Waals surface area contributed by atoms with Gasteiger partial charge in [-0.15, -0.1) is 0 Å². The van der Waals surface area contributed by atoms with Crippen LogP contribution in [0.3, 0.4) is 0 Å². The molecular formula is C15H29N5. The Morgan fingerprint density at radius 1 is 1.15 bits per heavy atom. The Balaban J connectivity index is 2.68. The summed E-state index contributed by atoms with van der Waals surface area (Å²) in [5, 5.41) is 3.40. The van der Waals surface area contributed by atoms with E-state index in [1.54, 1.807) is 0 Å². The minimum Gasteiger partial charge on any atom is -0.383 e. The van der Waals surface area contributed by atoms with Gasteiger partial charge in [0.15, 0.2) is 0 Å². The first-order chi connectivity index (χ1) is 9.36. The van der Waals surface area contributed by atoms with Crippen molar-refractivity contribution >= 4 is 11.6 Å². The highest BCUT2D eigenvalue weighted by Crippen LogP contribution is 2.17. The van der Waals surface area contributed by atoms with Gasteiger partial charge in [-0.3, -0.25) is 4.90 Å². The Morgan fingerprint density at radius 2 is 1.75 bits per heavy atom. The number of nitrogen functional groups attached to an aromatic ring is 1. The lowest BCUT2D eigenvalue weighted by Gasteiger charge is -2.30. The largest absolute Gasteiger partial charge is 0.383 e. The smallest absolute Gasteiger partial charge is 0.134 e. The Morgan fingerprint density at radius 3 is 2.25 bits per heavy atom. The number of nitrogens with zero attached hydrogens (tertiary/aromatic N) is 3. The molecule has 114 valence electrons. The molecule has 0 radical (unpaired) electrons. The third-order valence-electron chi connectivity index (χ3n) is 3.54. The molecule has 0 amide bonds. The second kappa shape index (κ2) is 7.43. The number of rotatable bonds is 7. The summed E-state index contributed by atoms with van der Waals surface area (Å²) in [5.74, 6) is 2.23. The molecule has 20 heavy (non-hydrogen) atoms. The minimum absolute atomic E-state index is 0.541. The summed E-state index contributed by atoms with van der Waals surface area (Å²) in [5.41, 5.74) is 6.86. The first-order valence-electron chi connectivity index (χ1n) is 7.49. The van der Waals surface area contributed by atoms with E-state index in [0.29, 0.717) is 17.9 Å². The van der Waals surface area contributed by atoms with Crippen LogP contribution in [-0.2, 0) is 6.42 Å². The Kier molecular flexibility index (Phi) is 6.20. The quantitative estimate of drug-likeness (QED) is 0.802. The first kappa shape index (κ1) is 16.7. The monoisotopic (exact) mass is 279 g/mol. The average molecular weight is 279 g/mol. The molecule has 0 saturated heterocycles. The number of anilines is 2. The van der Waals surface area contributed by atoms with E-state index in [-0.39, 0.29) is 0 Å². The topological polar surface area (TPSA) is 67.1 Å². The predicted molar refractivity (Wildman–Crippen MR) is 86.0 cm³/mol. The van der Waals surface area contributed by atoms with Crippen molar-refractivity contribution in [3.8, 4) is 0 Å². The molecule has 0 saturated carbocycles. The number of nitrogens with two attached hydrogens (primary N) is 1. The van der Waals surface area contributed by atoms with Crippen molar-refractivity contribution in [2.45, 2.75) is 60.0 Å². The van der Waals surface area contributed by atoms with Gasteiger partial charge in [0, 0.05) is 37.2 Å². The lowest BCUT2D eigenvalue weighted by atomic mass is 10.2. The number of nitrogens with one attached hydrogen (secondary N) is 1. The van der Waals surface area contributed by atoms with Gasteiger partial charge in [0.2, 0.25) is 0 Å². The van der Waals surface area contributed by atoms with Crippen LogP contribution in [0.25, 0.3) is 0 Å². The normalized spacial score (nSPS) is 11.7. The second-order valence-electron chi connectivity index (χ2n) is 5.70. The third kappa shape index (κ3) is 4.34. The molecule has 5 nitrogen and oxygen atoms in total. The molecule has 3 N–H and O–H groups in total. The van der Waals surface area contributed by atoms with Crippen LogP contribution < -0.4 is 11.1 Å². The van der Waals surface area contributed by atoms with Crippen molar-refractivity contribution in [1.82, 2.24) is 14.9 Å². The van der Waals surface area contributed by atoms with Crippen LogP contribution in [-0.4, -0.2) is 40.0 Å². The molecule has 0 aliphatic rings. The molecule has 0 aliphatic carbocycles. The zero-order chi connectivity index (χ0) is 15.3. The van der Waals surface area contributed by atoms with Crippen molar-refractivity contribution in [3.63, 3.8) is 0 Å². The van der Waals surface area contributed by atoms with Crippen molar-refractivity contribution in [2.75, 3.05) is 24.1 Å². The minimum atomic E-state index is 0.541. The van der Waals surface area contributed by atoms with Crippen LogP contribution in [0, 0.1) is 6.92 Å².